The molecule has 1 aromatic rings. The molecule has 0 fully saturated rings. The van der Waals surface area contributed by atoms with Gasteiger partial charge in [-0.15, -0.1) is 0 Å². The Bertz CT molecular complexity index is 305. The zero-order chi connectivity index (χ0) is 13.2. The van der Waals surface area contributed by atoms with Crippen molar-refractivity contribution in [3.63, 3.8) is 0 Å². The molecule has 0 aromatic heterocycles. The van der Waals surface area contributed by atoms with Gasteiger partial charge in [-0.1, -0.05) is 68.9 Å². The monoisotopic (exact) mass is 248 g/mol. The quantitative estimate of drug-likeness (QED) is 0.397. The molecule has 0 heterocycles. The van der Waals surface area contributed by atoms with Gasteiger partial charge in [0, 0.05) is 6.04 Å². The molecule has 0 aliphatic heterocycles. The first-order valence-electron chi connectivity index (χ1n) is 7.28. The summed E-state index contributed by atoms with van der Waals surface area (Å²) in [5, 5.41) is 0. The van der Waals surface area contributed by atoms with Crippen molar-refractivity contribution in [2.24, 2.45) is 5.84 Å². The summed E-state index contributed by atoms with van der Waals surface area (Å²) in [4.78, 5) is 0. The minimum atomic E-state index is 0.411. The summed E-state index contributed by atoms with van der Waals surface area (Å²) < 4.78 is 0. The van der Waals surface area contributed by atoms with Crippen molar-refractivity contribution >= 4 is 0 Å². The first-order chi connectivity index (χ1) is 8.76. The maximum absolute atomic E-state index is 5.64. The number of nitrogens with two attached hydrogens (primary N) is 1. The minimum Gasteiger partial charge on any atom is -0.271 e. The first-order valence-corrected chi connectivity index (χ1v) is 7.28. The molecule has 102 valence electrons. The normalized spacial score (nSPS) is 12.6. The second-order valence-corrected chi connectivity index (χ2v) is 5.26. The van der Waals surface area contributed by atoms with Gasteiger partial charge < -0.3 is 0 Å². The van der Waals surface area contributed by atoms with Crippen LogP contribution >= 0.6 is 0 Å². The molecule has 0 bridgehead atoms. The number of nitrogens with one attached hydrogen (secondary N) is 1. The molecule has 3 N–H and O–H groups in total. The van der Waals surface area contributed by atoms with Crippen LogP contribution in [0.1, 0.15) is 56.6 Å². The van der Waals surface area contributed by atoms with Gasteiger partial charge in [0.05, 0.1) is 0 Å². The van der Waals surface area contributed by atoms with Crippen molar-refractivity contribution in [3.05, 3.63) is 35.4 Å². The Hall–Kier alpha value is -0.860. The summed E-state index contributed by atoms with van der Waals surface area (Å²) in [7, 11) is 0. The predicted molar refractivity (Wildman–Crippen MR) is 79.4 cm³/mol. The highest BCUT2D eigenvalue weighted by Gasteiger charge is 2.07. The molecule has 2 heteroatoms. The fraction of sp³-hybridized carbons (Fsp3) is 0.625. The molecule has 0 aliphatic rings. The van der Waals surface area contributed by atoms with Crippen molar-refractivity contribution in [3.8, 4) is 0 Å². The highest BCUT2D eigenvalue weighted by molar-refractivity contribution is 5.22. The summed E-state index contributed by atoms with van der Waals surface area (Å²) in [6.07, 6.45) is 8.85. The fourth-order valence-electron chi connectivity index (χ4n) is 2.25. The van der Waals surface area contributed by atoms with E-state index < -0.39 is 0 Å². The number of hydrogen-bond acceptors (Lipinski definition) is 2. The lowest BCUT2D eigenvalue weighted by molar-refractivity contribution is 0.461. The van der Waals surface area contributed by atoms with E-state index in [9.17, 15) is 0 Å². The Balaban J connectivity index is 2.26. The number of hydrogen-bond donors (Lipinski definition) is 2. The van der Waals surface area contributed by atoms with E-state index in [4.69, 9.17) is 5.84 Å². The molecule has 2 nitrogen and oxygen atoms in total. The molecule has 1 aromatic carbocycles. The molecule has 0 amide bonds. The van der Waals surface area contributed by atoms with Crippen molar-refractivity contribution in [1.82, 2.24) is 5.43 Å². The number of hydrazine groups is 1. The van der Waals surface area contributed by atoms with Crippen LogP contribution in [0.25, 0.3) is 0 Å². The molecule has 1 rings (SSSR count). The van der Waals surface area contributed by atoms with Crippen LogP contribution < -0.4 is 11.3 Å². The van der Waals surface area contributed by atoms with E-state index in [0.717, 1.165) is 6.42 Å². The van der Waals surface area contributed by atoms with Crippen LogP contribution in [0.3, 0.4) is 0 Å². The van der Waals surface area contributed by atoms with E-state index in [2.05, 4.69) is 43.5 Å². The molecular weight excluding hydrogens is 220 g/mol. The Morgan fingerprint density at radius 3 is 2.33 bits per heavy atom. The van der Waals surface area contributed by atoms with Gasteiger partial charge in [-0.25, -0.2) is 0 Å². The molecule has 0 saturated carbocycles. The topological polar surface area (TPSA) is 38.0 Å². The van der Waals surface area contributed by atoms with E-state index in [1.807, 2.05) is 0 Å². The summed E-state index contributed by atoms with van der Waals surface area (Å²) in [5.74, 6) is 5.64. The Labute approximate surface area is 112 Å². The van der Waals surface area contributed by atoms with Crippen LogP contribution in [0.4, 0.5) is 0 Å². The van der Waals surface area contributed by atoms with E-state index in [0.29, 0.717) is 6.04 Å². The first kappa shape index (κ1) is 15.2. The van der Waals surface area contributed by atoms with Crippen LogP contribution in [0, 0.1) is 6.92 Å². The maximum atomic E-state index is 5.64. The van der Waals surface area contributed by atoms with E-state index in [-0.39, 0.29) is 0 Å². The molecule has 0 aliphatic carbocycles. The predicted octanol–water partition coefficient (Wildman–Crippen LogP) is 3.73. The Morgan fingerprint density at radius 2 is 1.72 bits per heavy atom. The van der Waals surface area contributed by atoms with Gasteiger partial charge in [0.15, 0.2) is 0 Å². The van der Waals surface area contributed by atoms with Gasteiger partial charge in [0.1, 0.15) is 0 Å². The summed E-state index contributed by atoms with van der Waals surface area (Å²) in [6, 6.07) is 9.16. The summed E-state index contributed by atoms with van der Waals surface area (Å²) >= 11 is 0. The third-order valence-electron chi connectivity index (χ3n) is 3.49. The van der Waals surface area contributed by atoms with Crippen LogP contribution in [0.5, 0.6) is 0 Å². The second-order valence-electron chi connectivity index (χ2n) is 5.26. The summed E-state index contributed by atoms with van der Waals surface area (Å²) in [6.45, 7) is 4.37. The average molecular weight is 248 g/mol. The van der Waals surface area contributed by atoms with Crippen LogP contribution in [-0.4, -0.2) is 6.04 Å². The Kier molecular flexibility index (Phi) is 7.70. The van der Waals surface area contributed by atoms with E-state index >= 15 is 0 Å². The van der Waals surface area contributed by atoms with Crippen molar-refractivity contribution in [1.29, 1.82) is 0 Å². The van der Waals surface area contributed by atoms with Crippen molar-refractivity contribution in [2.45, 2.75) is 64.8 Å². The van der Waals surface area contributed by atoms with Gasteiger partial charge >= 0.3 is 0 Å². The van der Waals surface area contributed by atoms with Gasteiger partial charge in [-0.05, 0) is 25.3 Å². The van der Waals surface area contributed by atoms with E-state index in [1.54, 1.807) is 0 Å². The lowest BCUT2D eigenvalue weighted by Gasteiger charge is -2.16. The molecule has 1 atom stereocenters. The molecule has 1 unspecified atom stereocenters. The summed E-state index contributed by atoms with van der Waals surface area (Å²) in [5.41, 5.74) is 5.64. The van der Waals surface area contributed by atoms with Gasteiger partial charge in [-0.3, -0.25) is 11.3 Å². The lowest BCUT2D eigenvalue weighted by atomic mass is 9.99. The van der Waals surface area contributed by atoms with Crippen LogP contribution in [0.2, 0.25) is 0 Å². The second kappa shape index (κ2) is 9.12. The molecule has 0 spiro atoms. The zero-order valence-electron chi connectivity index (χ0n) is 11.9. The third kappa shape index (κ3) is 6.18. The number of benzene rings is 1. The van der Waals surface area contributed by atoms with Crippen molar-refractivity contribution < 1.29 is 0 Å². The number of aryl methyl sites for hydroxylation is 1. The highest BCUT2D eigenvalue weighted by Crippen LogP contribution is 2.11. The van der Waals surface area contributed by atoms with Gasteiger partial charge in [-0.2, -0.15) is 0 Å². The standard InChI is InChI=1S/C16H28N2/c1-3-4-5-6-7-8-16(18-17)13-15-11-9-14(2)10-12-15/h9-12,16,18H,3-8,13,17H2,1-2H3. The Morgan fingerprint density at radius 1 is 1.06 bits per heavy atom. The minimum absolute atomic E-state index is 0.411. The highest BCUT2D eigenvalue weighted by atomic mass is 15.2. The number of rotatable bonds is 9. The number of unbranched alkanes of at least 4 members (excludes halogenated alkanes) is 4. The maximum Gasteiger partial charge on any atom is 0.0250 e. The van der Waals surface area contributed by atoms with Gasteiger partial charge in [0.2, 0.25) is 0 Å². The van der Waals surface area contributed by atoms with Crippen LogP contribution in [-0.2, 0) is 6.42 Å². The SMILES string of the molecule is CCCCCCCC(Cc1ccc(C)cc1)NN. The largest absolute Gasteiger partial charge is 0.271 e. The fourth-order valence-corrected chi connectivity index (χ4v) is 2.25. The van der Waals surface area contributed by atoms with E-state index in [1.165, 1.54) is 49.7 Å². The van der Waals surface area contributed by atoms with Gasteiger partial charge in [0.25, 0.3) is 0 Å². The molecule has 0 saturated heterocycles. The van der Waals surface area contributed by atoms with Crippen LogP contribution in [0.15, 0.2) is 24.3 Å². The lowest BCUT2D eigenvalue weighted by Crippen LogP contribution is -2.36. The zero-order valence-corrected chi connectivity index (χ0v) is 11.9. The average Bonchev–Trinajstić information content (AvgIpc) is 2.39. The van der Waals surface area contributed by atoms with Crippen molar-refractivity contribution in [2.75, 3.05) is 0 Å². The molecular formula is C16H28N2. The molecule has 18 heavy (non-hydrogen) atoms. The molecule has 0 radical (unpaired) electrons. The smallest absolute Gasteiger partial charge is 0.0250 e. The third-order valence-corrected chi connectivity index (χ3v) is 3.49.